The van der Waals surface area contributed by atoms with Gasteiger partial charge in [0.25, 0.3) is 0 Å². The van der Waals surface area contributed by atoms with Gasteiger partial charge in [-0.2, -0.15) is 26.3 Å². The van der Waals surface area contributed by atoms with E-state index in [0.29, 0.717) is 17.5 Å². The molecule has 3 fully saturated rings. The average Bonchev–Trinajstić information content (AvgIpc) is 3.70. The number of alkyl halides is 6. The second kappa shape index (κ2) is 11.9. The second-order valence-corrected chi connectivity index (χ2v) is 11.5. The van der Waals surface area contributed by atoms with Crippen LogP contribution in [0.3, 0.4) is 0 Å². The molecule has 2 saturated carbocycles. The Morgan fingerprint density at radius 1 is 0.897 bits per heavy atom. The Kier molecular flexibility index (Phi) is 8.98. The molecule has 2 atom stereocenters. The van der Waals surface area contributed by atoms with Crippen LogP contribution in [0.2, 0.25) is 0 Å². The highest BCUT2D eigenvalue weighted by atomic mass is 19.4. The molecule has 1 N–H and O–H groups in total. The van der Waals surface area contributed by atoms with Crippen LogP contribution in [0.1, 0.15) is 80.0 Å². The zero-order valence-electron chi connectivity index (χ0n) is 22.1. The van der Waals surface area contributed by atoms with Crippen molar-refractivity contribution in [1.82, 2.24) is 10.2 Å². The fraction of sp³-hybridized carbons (Fsp3) is 0.567. The predicted octanol–water partition coefficient (Wildman–Crippen LogP) is 7.81. The summed E-state index contributed by atoms with van der Waals surface area (Å²) in [7, 11) is 0. The van der Waals surface area contributed by atoms with E-state index in [2.05, 4.69) is 42.2 Å². The van der Waals surface area contributed by atoms with E-state index in [4.69, 9.17) is 0 Å². The van der Waals surface area contributed by atoms with Crippen molar-refractivity contribution in [2.75, 3.05) is 13.1 Å². The highest BCUT2D eigenvalue weighted by molar-refractivity contribution is 5.46. The first-order valence-electron chi connectivity index (χ1n) is 13.6. The van der Waals surface area contributed by atoms with Crippen molar-refractivity contribution >= 4 is 6.41 Å². The number of hydrogen-bond donors (Lipinski definition) is 1. The van der Waals surface area contributed by atoms with Gasteiger partial charge in [0, 0.05) is 12.6 Å². The van der Waals surface area contributed by atoms with Gasteiger partial charge in [-0.3, -0.25) is 4.79 Å². The van der Waals surface area contributed by atoms with E-state index < -0.39 is 30.0 Å². The minimum absolute atomic E-state index is 0.0322. The first-order valence-corrected chi connectivity index (χ1v) is 13.6. The third-order valence-electron chi connectivity index (χ3n) is 8.67. The van der Waals surface area contributed by atoms with Crippen LogP contribution in [-0.2, 0) is 23.7 Å². The fourth-order valence-corrected chi connectivity index (χ4v) is 6.31. The summed E-state index contributed by atoms with van der Waals surface area (Å²) in [6, 6.07) is 13.2. The van der Waals surface area contributed by atoms with Crippen LogP contribution in [0.25, 0.3) is 0 Å². The average molecular weight is 555 g/mol. The summed E-state index contributed by atoms with van der Waals surface area (Å²) < 4.78 is 74.4. The van der Waals surface area contributed by atoms with E-state index in [1.165, 1.54) is 58.0 Å². The molecule has 1 aliphatic heterocycles. The van der Waals surface area contributed by atoms with Crippen molar-refractivity contribution in [3.05, 3.63) is 70.8 Å². The van der Waals surface area contributed by atoms with Gasteiger partial charge in [-0.25, -0.2) is 0 Å². The molecule has 9 heteroatoms. The first kappa shape index (κ1) is 29.4. The number of nitrogens with zero attached hydrogens (tertiary/aromatic N) is 1. The maximum Gasteiger partial charge on any atom is 0.416 e. The van der Waals surface area contributed by atoms with Gasteiger partial charge in [0.15, 0.2) is 0 Å². The number of hydrogen-bond acceptors (Lipinski definition) is 2. The molecule has 2 aromatic rings. The monoisotopic (exact) mass is 554 g/mol. The highest BCUT2D eigenvalue weighted by Gasteiger charge is 2.47. The topological polar surface area (TPSA) is 32.3 Å². The molecular formula is C30H36F6N2O. The molecule has 1 amide bonds. The van der Waals surface area contributed by atoms with Gasteiger partial charge >= 0.3 is 12.4 Å². The third-order valence-corrected chi connectivity index (χ3v) is 8.67. The van der Waals surface area contributed by atoms with Gasteiger partial charge < -0.3 is 10.2 Å². The Morgan fingerprint density at radius 2 is 1.49 bits per heavy atom. The van der Waals surface area contributed by atoms with E-state index >= 15 is 0 Å². The molecule has 1 saturated heterocycles. The van der Waals surface area contributed by atoms with Gasteiger partial charge in [0.2, 0.25) is 6.41 Å². The van der Waals surface area contributed by atoms with Crippen molar-refractivity contribution < 1.29 is 31.1 Å². The molecule has 0 spiro atoms. The minimum Gasteiger partial charge on any atom is -0.355 e. The van der Waals surface area contributed by atoms with Crippen LogP contribution >= 0.6 is 0 Å². The molecule has 39 heavy (non-hydrogen) atoms. The molecule has 0 bridgehead atoms. The molecule has 3 aliphatic rings. The Labute approximate surface area is 226 Å². The molecule has 1 heterocycles. The molecule has 0 radical (unpaired) electrons. The van der Waals surface area contributed by atoms with Crippen molar-refractivity contribution in [3.63, 3.8) is 0 Å². The van der Waals surface area contributed by atoms with E-state index in [9.17, 15) is 31.1 Å². The highest BCUT2D eigenvalue weighted by Crippen LogP contribution is 2.55. The quantitative estimate of drug-likeness (QED) is 0.292. The molecule has 5 rings (SSSR count). The summed E-state index contributed by atoms with van der Waals surface area (Å²) in [6.45, 7) is 4.81. The van der Waals surface area contributed by atoms with Gasteiger partial charge in [0.1, 0.15) is 0 Å². The van der Waals surface area contributed by atoms with Crippen LogP contribution in [0.5, 0.6) is 0 Å². The largest absolute Gasteiger partial charge is 0.416 e. The Hall–Kier alpha value is -2.55. The van der Waals surface area contributed by atoms with E-state index in [1.807, 2.05) is 5.32 Å². The van der Waals surface area contributed by atoms with Crippen molar-refractivity contribution in [2.45, 2.75) is 82.7 Å². The predicted molar refractivity (Wildman–Crippen MR) is 138 cm³/mol. The number of rotatable bonds is 6. The standard InChI is InChI=1S/C20H29N.C10H7F6NO/c1-20(18-7-8-18)12-9-19(15-20)21-13-10-17(11-14-21)16-5-3-2-4-6-16;11-9(12,13)7-1-6(4-17-5-18)2-8(3-7)10(14,15)16/h2-6,17-19H,7-15H2,1H3;1-3,5H,4H2,(H,17,18). The Morgan fingerprint density at radius 3 is 2.00 bits per heavy atom. The normalized spacial score (nSPS) is 24.6. The summed E-state index contributed by atoms with van der Waals surface area (Å²) in [5.74, 6) is 1.88. The smallest absolute Gasteiger partial charge is 0.355 e. The number of carbonyl (C=O) groups is 1. The summed E-state index contributed by atoms with van der Waals surface area (Å²) in [5, 5.41) is 2.01. The lowest BCUT2D eigenvalue weighted by Gasteiger charge is -2.37. The maximum atomic E-state index is 12.4. The molecule has 214 valence electrons. The number of likely N-dealkylation sites (tertiary alicyclic amines) is 1. The van der Waals surface area contributed by atoms with E-state index in [-0.39, 0.29) is 18.0 Å². The van der Waals surface area contributed by atoms with Crippen molar-refractivity contribution in [3.8, 4) is 0 Å². The molecule has 0 aromatic heterocycles. The van der Waals surface area contributed by atoms with Crippen LogP contribution < -0.4 is 5.32 Å². The minimum atomic E-state index is -4.88. The maximum absolute atomic E-state index is 12.4. The SMILES string of the molecule is CC1(C2CC2)CCC(N2CCC(c3ccccc3)CC2)C1.O=CNCc1cc(C(F)(F)F)cc(C(F)(F)F)c1. The van der Waals surface area contributed by atoms with Crippen LogP contribution in [-0.4, -0.2) is 30.4 Å². The number of piperidine rings is 1. The number of carbonyl (C=O) groups excluding carboxylic acids is 1. The first-order chi connectivity index (χ1) is 18.4. The van der Waals surface area contributed by atoms with Crippen molar-refractivity contribution in [2.24, 2.45) is 11.3 Å². The summed E-state index contributed by atoms with van der Waals surface area (Å²) >= 11 is 0. The van der Waals surface area contributed by atoms with E-state index in [1.54, 1.807) is 5.56 Å². The fourth-order valence-electron chi connectivity index (χ4n) is 6.31. The van der Waals surface area contributed by atoms with Crippen LogP contribution in [0, 0.1) is 11.3 Å². The number of amides is 1. The molecule has 2 aromatic carbocycles. The van der Waals surface area contributed by atoms with Gasteiger partial charge in [-0.15, -0.1) is 0 Å². The lowest BCUT2D eigenvalue weighted by Crippen LogP contribution is -2.40. The summed E-state index contributed by atoms with van der Waals surface area (Å²) in [5.41, 5.74) is -0.822. The lowest BCUT2D eigenvalue weighted by molar-refractivity contribution is -0.143. The molecule has 2 unspecified atom stereocenters. The van der Waals surface area contributed by atoms with Gasteiger partial charge in [-0.1, -0.05) is 37.3 Å². The molecular weight excluding hydrogens is 518 g/mol. The molecule has 2 aliphatic carbocycles. The van der Waals surface area contributed by atoms with Gasteiger partial charge in [-0.05, 0) is 105 Å². The van der Waals surface area contributed by atoms with Crippen molar-refractivity contribution in [1.29, 1.82) is 0 Å². The lowest BCUT2D eigenvalue weighted by atomic mass is 9.83. The zero-order chi connectivity index (χ0) is 28.3. The van der Waals surface area contributed by atoms with Crippen LogP contribution in [0.15, 0.2) is 48.5 Å². The Balaban J connectivity index is 0.000000184. The third kappa shape index (κ3) is 7.77. The summed E-state index contributed by atoms with van der Waals surface area (Å²) in [4.78, 5) is 12.8. The number of halogens is 6. The Bertz CT molecular complexity index is 1060. The summed E-state index contributed by atoms with van der Waals surface area (Å²) in [6.07, 6.45) is 0.611. The molecule has 3 nitrogen and oxygen atoms in total. The zero-order valence-corrected chi connectivity index (χ0v) is 22.1. The van der Waals surface area contributed by atoms with Crippen LogP contribution in [0.4, 0.5) is 26.3 Å². The van der Waals surface area contributed by atoms with E-state index in [0.717, 1.165) is 17.9 Å². The second-order valence-electron chi connectivity index (χ2n) is 11.5. The van der Waals surface area contributed by atoms with Gasteiger partial charge in [0.05, 0.1) is 11.1 Å². The number of nitrogens with one attached hydrogen (secondary N) is 1. The number of benzene rings is 2.